The van der Waals surface area contributed by atoms with Crippen molar-refractivity contribution in [2.75, 3.05) is 6.54 Å². The summed E-state index contributed by atoms with van der Waals surface area (Å²) in [6.07, 6.45) is 0.858. The minimum Gasteiger partial charge on any atom is -0.423 e. The van der Waals surface area contributed by atoms with Crippen molar-refractivity contribution in [2.24, 2.45) is 10.7 Å². The Morgan fingerprint density at radius 1 is 1.18 bits per heavy atom. The maximum Gasteiger partial charge on any atom is 0.336 e. The molecule has 2 aromatic carbocycles. The van der Waals surface area contributed by atoms with Crippen LogP contribution in [0.4, 0.5) is 0 Å². The summed E-state index contributed by atoms with van der Waals surface area (Å²) in [5.74, 6) is 0.991. The van der Waals surface area contributed by atoms with E-state index in [2.05, 4.69) is 37.0 Å². The fourth-order valence-electron chi connectivity index (χ4n) is 3.27. The highest BCUT2D eigenvalue weighted by Crippen LogP contribution is 2.28. The van der Waals surface area contributed by atoms with Crippen LogP contribution < -0.4 is 11.4 Å². The van der Waals surface area contributed by atoms with Gasteiger partial charge >= 0.3 is 5.63 Å². The molecule has 0 fully saturated rings. The third-order valence-corrected chi connectivity index (χ3v) is 5.61. The Bertz CT molecular complexity index is 1040. The number of fused-ring (bicyclic) bond motifs is 1. The SMILES string of the molecule is Cc1cc2oc(=O)cc(CSC(N)=NCCc3ccccc3)c2cc1C(C)C. The molecule has 0 aliphatic carbocycles. The third kappa shape index (κ3) is 5.04. The number of hydrogen-bond donors (Lipinski definition) is 1. The average Bonchev–Trinajstić information content (AvgIpc) is 2.66. The van der Waals surface area contributed by atoms with E-state index in [1.165, 1.54) is 22.9 Å². The number of aliphatic imine (C=N–C) groups is 1. The summed E-state index contributed by atoms with van der Waals surface area (Å²) < 4.78 is 5.41. The van der Waals surface area contributed by atoms with Gasteiger partial charge in [-0.15, -0.1) is 0 Å². The van der Waals surface area contributed by atoms with Gasteiger partial charge in [-0.25, -0.2) is 4.79 Å². The number of thioether (sulfide) groups is 1. The van der Waals surface area contributed by atoms with E-state index in [1.807, 2.05) is 31.2 Å². The summed E-state index contributed by atoms with van der Waals surface area (Å²) >= 11 is 1.45. The molecule has 3 aromatic rings. The highest BCUT2D eigenvalue weighted by atomic mass is 32.2. The number of rotatable bonds is 6. The van der Waals surface area contributed by atoms with E-state index in [-0.39, 0.29) is 5.63 Å². The zero-order chi connectivity index (χ0) is 20.1. The van der Waals surface area contributed by atoms with Crippen molar-refractivity contribution in [3.8, 4) is 0 Å². The fraction of sp³-hybridized carbons (Fsp3) is 0.304. The topological polar surface area (TPSA) is 68.6 Å². The number of hydrogen-bond acceptors (Lipinski definition) is 4. The molecule has 1 aromatic heterocycles. The highest BCUT2D eigenvalue weighted by Gasteiger charge is 2.12. The maximum absolute atomic E-state index is 12.0. The van der Waals surface area contributed by atoms with Crippen molar-refractivity contribution < 1.29 is 4.42 Å². The first-order valence-electron chi connectivity index (χ1n) is 9.48. The molecule has 0 bridgehead atoms. The highest BCUT2D eigenvalue weighted by molar-refractivity contribution is 8.13. The van der Waals surface area contributed by atoms with Gasteiger partial charge in [-0.3, -0.25) is 4.99 Å². The van der Waals surface area contributed by atoms with E-state index >= 15 is 0 Å². The van der Waals surface area contributed by atoms with Crippen LogP contribution in [-0.2, 0) is 12.2 Å². The summed E-state index contributed by atoms with van der Waals surface area (Å²) in [5, 5.41) is 1.51. The van der Waals surface area contributed by atoms with Crippen molar-refractivity contribution in [1.29, 1.82) is 0 Å². The lowest BCUT2D eigenvalue weighted by atomic mass is 9.95. The van der Waals surface area contributed by atoms with Gasteiger partial charge in [0.15, 0.2) is 5.17 Å². The van der Waals surface area contributed by atoms with Gasteiger partial charge in [-0.2, -0.15) is 0 Å². The molecular formula is C23H26N2O2S. The number of aryl methyl sites for hydroxylation is 1. The van der Waals surface area contributed by atoms with Gasteiger partial charge in [0.05, 0.1) is 0 Å². The maximum atomic E-state index is 12.0. The molecule has 0 spiro atoms. The number of nitrogens with zero attached hydrogens (tertiary/aromatic N) is 1. The van der Waals surface area contributed by atoms with Crippen molar-refractivity contribution in [3.63, 3.8) is 0 Å². The van der Waals surface area contributed by atoms with Crippen LogP contribution in [0.15, 0.2) is 62.7 Å². The van der Waals surface area contributed by atoms with Crippen molar-refractivity contribution in [2.45, 2.75) is 38.9 Å². The van der Waals surface area contributed by atoms with Gasteiger partial charge in [0.25, 0.3) is 0 Å². The molecule has 0 radical (unpaired) electrons. The van der Waals surface area contributed by atoms with Crippen LogP contribution in [0.2, 0.25) is 0 Å². The monoisotopic (exact) mass is 394 g/mol. The van der Waals surface area contributed by atoms with E-state index in [0.29, 0.717) is 29.0 Å². The van der Waals surface area contributed by atoms with Gasteiger partial charge in [-0.1, -0.05) is 55.9 Å². The zero-order valence-electron chi connectivity index (χ0n) is 16.6. The summed E-state index contributed by atoms with van der Waals surface area (Å²) in [4.78, 5) is 16.4. The molecule has 0 unspecified atom stereocenters. The first-order valence-corrected chi connectivity index (χ1v) is 10.5. The van der Waals surface area contributed by atoms with Crippen LogP contribution in [0.5, 0.6) is 0 Å². The second kappa shape index (κ2) is 9.11. The molecule has 0 saturated heterocycles. The van der Waals surface area contributed by atoms with Gasteiger partial charge < -0.3 is 10.2 Å². The van der Waals surface area contributed by atoms with E-state index in [1.54, 1.807) is 6.07 Å². The molecule has 0 saturated carbocycles. The van der Waals surface area contributed by atoms with Crippen LogP contribution in [0.3, 0.4) is 0 Å². The Hall–Kier alpha value is -2.53. The molecule has 0 atom stereocenters. The molecule has 2 N–H and O–H groups in total. The lowest BCUT2D eigenvalue weighted by Gasteiger charge is -2.13. The predicted molar refractivity (Wildman–Crippen MR) is 119 cm³/mol. The number of nitrogens with two attached hydrogens (primary N) is 1. The molecule has 0 amide bonds. The molecule has 1 heterocycles. The second-order valence-electron chi connectivity index (χ2n) is 7.19. The summed E-state index contributed by atoms with van der Waals surface area (Å²) in [7, 11) is 0. The molecule has 3 rings (SSSR count). The van der Waals surface area contributed by atoms with Crippen LogP contribution in [0.25, 0.3) is 11.0 Å². The van der Waals surface area contributed by atoms with Gasteiger partial charge in [0.1, 0.15) is 5.58 Å². The zero-order valence-corrected chi connectivity index (χ0v) is 17.4. The Balaban J connectivity index is 1.75. The minimum atomic E-state index is -0.334. The molecule has 146 valence electrons. The average molecular weight is 395 g/mol. The van der Waals surface area contributed by atoms with Crippen LogP contribution >= 0.6 is 11.8 Å². The first-order chi connectivity index (χ1) is 13.4. The van der Waals surface area contributed by atoms with Gasteiger partial charge in [0, 0.05) is 23.8 Å². The van der Waals surface area contributed by atoms with Crippen molar-refractivity contribution in [3.05, 3.63) is 81.2 Å². The second-order valence-corrected chi connectivity index (χ2v) is 8.19. The standard InChI is InChI=1S/C23H26N2O2S/c1-15(2)19-13-20-18(12-22(26)27-21(20)11-16(19)3)14-28-23(24)25-10-9-17-7-5-4-6-8-17/h4-8,11-13,15H,9-10,14H2,1-3H3,(H2,24,25). The van der Waals surface area contributed by atoms with Crippen LogP contribution in [0, 0.1) is 6.92 Å². The Kier molecular flexibility index (Phi) is 6.57. The summed E-state index contributed by atoms with van der Waals surface area (Å²) in [5.41, 5.74) is 10.9. The first kappa shape index (κ1) is 20.2. The normalized spacial score (nSPS) is 12.1. The molecule has 0 aliphatic heterocycles. The van der Waals surface area contributed by atoms with Crippen molar-refractivity contribution in [1.82, 2.24) is 0 Å². The molecule has 0 aliphatic rings. The van der Waals surface area contributed by atoms with Crippen molar-refractivity contribution >= 4 is 27.9 Å². The van der Waals surface area contributed by atoms with E-state index in [9.17, 15) is 4.79 Å². The summed E-state index contributed by atoms with van der Waals surface area (Å²) in [6.45, 7) is 7.03. The minimum absolute atomic E-state index is 0.334. The van der Waals surface area contributed by atoms with Crippen LogP contribution in [0.1, 0.15) is 42.0 Å². The Morgan fingerprint density at radius 3 is 2.64 bits per heavy atom. The summed E-state index contributed by atoms with van der Waals surface area (Å²) in [6, 6.07) is 15.9. The molecular weight excluding hydrogens is 368 g/mol. The van der Waals surface area contributed by atoms with E-state index in [4.69, 9.17) is 10.2 Å². The van der Waals surface area contributed by atoms with Crippen LogP contribution in [-0.4, -0.2) is 11.7 Å². The van der Waals surface area contributed by atoms with E-state index < -0.39 is 0 Å². The molecule has 28 heavy (non-hydrogen) atoms. The quantitative estimate of drug-likeness (QED) is 0.362. The number of benzene rings is 2. The van der Waals surface area contributed by atoms with E-state index in [0.717, 1.165) is 22.9 Å². The predicted octanol–water partition coefficient (Wildman–Crippen LogP) is 5.02. The smallest absolute Gasteiger partial charge is 0.336 e. The lowest BCUT2D eigenvalue weighted by molar-refractivity contribution is 0.559. The van der Waals surface area contributed by atoms with Gasteiger partial charge in [-0.05, 0) is 53.6 Å². The Morgan fingerprint density at radius 2 is 1.93 bits per heavy atom. The lowest BCUT2D eigenvalue weighted by Crippen LogP contribution is -2.09. The molecule has 4 nitrogen and oxygen atoms in total. The molecule has 5 heteroatoms. The third-order valence-electron chi connectivity index (χ3n) is 4.73. The number of amidine groups is 1. The largest absolute Gasteiger partial charge is 0.423 e. The van der Waals surface area contributed by atoms with Gasteiger partial charge in [0.2, 0.25) is 0 Å². The fourth-order valence-corrected chi connectivity index (χ4v) is 3.99. The Labute approximate surface area is 169 Å².